The van der Waals surface area contributed by atoms with Crippen molar-refractivity contribution in [3.05, 3.63) is 70.3 Å². The number of halogens is 3. The first-order chi connectivity index (χ1) is 14.2. The van der Waals surface area contributed by atoms with Gasteiger partial charge in [0.15, 0.2) is 5.71 Å². The summed E-state index contributed by atoms with van der Waals surface area (Å²) in [7, 11) is 1.09. The van der Waals surface area contributed by atoms with Gasteiger partial charge in [0.25, 0.3) is 0 Å². The molecular formula is C23H26F3NO3. The summed E-state index contributed by atoms with van der Waals surface area (Å²) < 4.78 is 51.1. The summed E-state index contributed by atoms with van der Waals surface area (Å²) in [6.07, 6.45) is -0.766. The lowest BCUT2D eigenvalue weighted by Crippen LogP contribution is -2.24. The second-order valence-electron chi connectivity index (χ2n) is 6.82. The molecule has 2 aromatic rings. The first kappa shape index (κ1) is 23.3. The Kier molecular flexibility index (Phi) is 7.92. The highest BCUT2D eigenvalue weighted by molar-refractivity contribution is 6.04. The van der Waals surface area contributed by atoms with E-state index in [-0.39, 0.29) is 12.2 Å². The van der Waals surface area contributed by atoms with E-state index in [1.165, 1.54) is 12.1 Å². The van der Waals surface area contributed by atoms with Gasteiger partial charge in [-0.05, 0) is 68.1 Å². The molecule has 30 heavy (non-hydrogen) atoms. The number of ether oxygens (including phenoxy) is 2. The van der Waals surface area contributed by atoms with E-state index in [0.717, 1.165) is 35.3 Å². The van der Waals surface area contributed by atoms with Crippen molar-refractivity contribution in [2.45, 2.75) is 40.5 Å². The molecule has 0 aliphatic carbocycles. The van der Waals surface area contributed by atoms with E-state index < -0.39 is 11.9 Å². The van der Waals surface area contributed by atoms with Crippen LogP contribution < -0.4 is 9.47 Å². The average molecular weight is 421 g/mol. The van der Waals surface area contributed by atoms with E-state index in [9.17, 15) is 13.2 Å². The molecule has 4 nitrogen and oxygen atoms in total. The van der Waals surface area contributed by atoms with Gasteiger partial charge in [0.2, 0.25) is 0 Å². The molecule has 2 aromatic carbocycles. The molecule has 0 aromatic heterocycles. The summed E-state index contributed by atoms with van der Waals surface area (Å²) in [6, 6.07) is 8.22. The second kappa shape index (κ2) is 10.2. The number of hydrogen-bond donors (Lipinski definition) is 0. The number of allylic oxidation sites excluding steroid dienone is 1. The number of oxime groups is 1. The first-order valence-electron chi connectivity index (χ1n) is 9.43. The Bertz CT molecular complexity index is 911. The zero-order chi connectivity index (χ0) is 22.3. The molecule has 0 bridgehead atoms. The third-order valence-electron chi connectivity index (χ3n) is 4.45. The van der Waals surface area contributed by atoms with E-state index in [1.807, 2.05) is 45.1 Å². The van der Waals surface area contributed by atoms with Gasteiger partial charge in [-0.3, -0.25) is 0 Å². The molecule has 162 valence electrons. The van der Waals surface area contributed by atoms with E-state index in [4.69, 9.17) is 9.47 Å². The highest BCUT2D eigenvalue weighted by atomic mass is 19.4. The van der Waals surface area contributed by atoms with Crippen LogP contribution in [-0.4, -0.2) is 25.6 Å². The van der Waals surface area contributed by atoms with Gasteiger partial charge in [0.1, 0.15) is 31.8 Å². The minimum Gasteiger partial charge on any atom is -0.490 e. The molecule has 0 saturated carbocycles. The van der Waals surface area contributed by atoms with Crippen LogP contribution in [0.2, 0.25) is 0 Å². The van der Waals surface area contributed by atoms with Gasteiger partial charge in [-0.15, -0.1) is 0 Å². The lowest BCUT2D eigenvalue weighted by molar-refractivity contribution is -0.0608. The van der Waals surface area contributed by atoms with E-state index in [1.54, 1.807) is 13.0 Å². The fraction of sp³-hybridized carbons (Fsp3) is 0.348. The Hall–Kier alpha value is -2.96. The molecule has 0 amide bonds. The maximum atomic E-state index is 13.2. The van der Waals surface area contributed by atoms with Crippen LogP contribution >= 0.6 is 0 Å². The van der Waals surface area contributed by atoms with Crippen LogP contribution in [0.4, 0.5) is 13.2 Å². The molecule has 0 radical (unpaired) electrons. The van der Waals surface area contributed by atoms with Crippen molar-refractivity contribution in [2.75, 3.05) is 13.7 Å². The summed E-state index contributed by atoms with van der Waals surface area (Å²) in [5, 5.41) is 3.13. The molecule has 0 saturated heterocycles. The topological polar surface area (TPSA) is 40.0 Å². The monoisotopic (exact) mass is 421 g/mol. The van der Waals surface area contributed by atoms with Gasteiger partial charge in [-0.2, -0.15) is 13.2 Å². The number of benzene rings is 2. The standard InChI is InChI=1S/C23H26F3NO3/c1-6-7-10-29-20-12-16(3)21(17(4)13-20)30-14-19-9-8-18(11-15(19)2)22(27-28-5)23(24,25)26/h6-9,11-13H,10,14H2,1-5H3/b7-6+,27-22-. The molecule has 0 aliphatic rings. The molecule has 0 spiro atoms. The highest BCUT2D eigenvalue weighted by Gasteiger charge is 2.38. The molecule has 0 atom stereocenters. The SMILES string of the molecule is C/C=C/COc1cc(C)c(OCc2ccc(/C(=N/OC)C(F)(F)F)cc2C)c(C)c1. The first-order valence-corrected chi connectivity index (χ1v) is 9.43. The van der Waals surface area contributed by atoms with Crippen molar-refractivity contribution in [3.8, 4) is 11.5 Å². The Morgan fingerprint density at radius 3 is 2.20 bits per heavy atom. The normalized spacial score (nSPS) is 12.3. The minimum absolute atomic E-state index is 0.0550. The molecule has 0 N–H and O–H groups in total. The summed E-state index contributed by atoms with van der Waals surface area (Å²) in [4.78, 5) is 4.36. The number of hydrogen-bond acceptors (Lipinski definition) is 4. The van der Waals surface area contributed by atoms with Crippen LogP contribution in [0, 0.1) is 20.8 Å². The second-order valence-corrected chi connectivity index (χ2v) is 6.82. The Labute approximate surface area is 174 Å². The molecule has 0 fully saturated rings. The molecule has 2 rings (SSSR count). The molecule has 0 aliphatic heterocycles. The van der Waals surface area contributed by atoms with Gasteiger partial charge in [-0.1, -0.05) is 29.4 Å². The van der Waals surface area contributed by atoms with Gasteiger partial charge in [-0.25, -0.2) is 0 Å². The van der Waals surface area contributed by atoms with E-state index in [0.29, 0.717) is 12.2 Å². The Morgan fingerprint density at radius 1 is 1.00 bits per heavy atom. The maximum absolute atomic E-state index is 13.2. The number of rotatable bonds is 8. The predicted molar refractivity (Wildman–Crippen MR) is 111 cm³/mol. The van der Waals surface area contributed by atoms with Gasteiger partial charge in [0.05, 0.1) is 0 Å². The third-order valence-corrected chi connectivity index (χ3v) is 4.45. The van der Waals surface area contributed by atoms with Crippen LogP contribution in [0.15, 0.2) is 47.6 Å². The largest absolute Gasteiger partial charge is 0.490 e. The lowest BCUT2D eigenvalue weighted by atomic mass is 10.0. The van der Waals surface area contributed by atoms with Crippen molar-refractivity contribution >= 4 is 5.71 Å². The molecule has 0 unspecified atom stereocenters. The summed E-state index contributed by atoms with van der Waals surface area (Å²) in [6.45, 7) is 8.25. The van der Waals surface area contributed by atoms with Gasteiger partial charge >= 0.3 is 6.18 Å². The van der Waals surface area contributed by atoms with Gasteiger partial charge in [0, 0.05) is 5.56 Å². The molecule has 0 heterocycles. The molecule has 7 heteroatoms. The van der Waals surface area contributed by atoms with Crippen molar-refractivity contribution in [1.82, 2.24) is 0 Å². The predicted octanol–water partition coefficient (Wildman–Crippen LogP) is 6.06. The summed E-state index contributed by atoms with van der Waals surface area (Å²) in [5.74, 6) is 1.49. The lowest BCUT2D eigenvalue weighted by Gasteiger charge is -2.16. The van der Waals surface area contributed by atoms with Crippen LogP contribution in [-0.2, 0) is 11.4 Å². The highest BCUT2D eigenvalue weighted by Crippen LogP contribution is 2.30. The van der Waals surface area contributed by atoms with Crippen LogP contribution in [0.5, 0.6) is 11.5 Å². The fourth-order valence-corrected chi connectivity index (χ4v) is 2.98. The quantitative estimate of drug-likeness (QED) is 0.296. The zero-order valence-electron chi connectivity index (χ0n) is 17.8. The fourth-order valence-electron chi connectivity index (χ4n) is 2.98. The van der Waals surface area contributed by atoms with E-state index >= 15 is 0 Å². The minimum atomic E-state index is -4.61. The smallest absolute Gasteiger partial charge is 0.437 e. The summed E-state index contributed by atoms with van der Waals surface area (Å²) >= 11 is 0. The van der Waals surface area contributed by atoms with Crippen LogP contribution in [0.25, 0.3) is 0 Å². The third kappa shape index (κ3) is 6.02. The maximum Gasteiger partial charge on any atom is 0.437 e. The molecular weight excluding hydrogens is 395 g/mol. The zero-order valence-corrected chi connectivity index (χ0v) is 17.8. The van der Waals surface area contributed by atoms with Crippen LogP contribution in [0.3, 0.4) is 0 Å². The van der Waals surface area contributed by atoms with Gasteiger partial charge < -0.3 is 14.3 Å². The Morgan fingerprint density at radius 2 is 1.67 bits per heavy atom. The Balaban J connectivity index is 2.17. The van der Waals surface area contributed by atoms with Crippen molar-refractivity contribution in [2.24, 2.45) is 5.16 Å². The van der Waals surface area contributed by atoms with Crippen LogP contribution in [0.1, 0.15) is 34.7 Å². The van der Waals surface area contributed by atoms with Crippen molar-refractivity contribution in [1.29, 1.82) is 0 Å². The number of aryl methyl sites for hydroxylation is 3. The number of alkyl halides is 3. The number of nitrogens with zero attached hydrogens (tertiary/aromatic N) is 1. The van der Waals surface area contributed by atoms with E-state index in [2.05, 4.69) is 9.99 Å². The van der Waals surface area contributed by atoms with Crippen molar-refractivity contribution in [3.63, 3.8) is 0 Å². The average Bonchev–Trinajstić information content (AvgIpc) is 2.66. The summed E-state index contributed by atoms with van der Waals surface area (Å²) in [5.41, 5.74) is 2.17. The van der Waals surface area contributed by atoms with Crippen molar-refractivity contribution < 1.29 is 27.5 Å².